The average molecular weight is 895 g/mol. The number of nitriles is 4. The molecule has 0 spiro atoms. The maximum atomic E-state index is 16.0. The Morgan fingerprint density at radius 3 is 0.773 bits per heavy atom. The van der Waals surface area contributed by atoms with Crippen LogP contribution in [-0.2, 0) is 0 Å². The predicted octanol–water partition coefficient (Wildman–Crippen LogP) is 12.2. The van der Waals surface area contributed by atoms with E-state index in [9.17, 15) is 29.8 Å². The molecule has 5 heterocycles. The third-order valence-electron chi connectivity index (χ3n) is 10.8. The van der Waals surface area contributed by atoms with Crippen molar-refractivity contribution in [3.63, 3.8) is 0 Å². The van der Waals surface area contributed by atoms with Gasteiger partial charge in [-0.05, 0) is 72.8 Å². The first-order valence-electron chi connectivity index (χ1n) is 18.8. The Hall–Kier alpha value is -9.26. The van der Waals surface area contributed by atoms with E-state index in [1.54, 1.807) is 0 Å². The van der Waals surface area contributed by atoms with Crippen LogP contribution in [0.15, 0.2) is 60.7 Å². The van der Waals surface area contributed by atoms with Gasteiger partial charge in [0.15, 0.2) is 46.5 Å². The molecule has 4 aromatic carbocycles. The molecular formula is C48H16F10N8. The number of nitrogens with one attached hydrogen (secondary N) is 2. The molecule has 0 aliphatic carbocycles. The van der Waals surface area contributed by atoms with E-state index in [0.29, 0.717) is 0 Å². The summed E-state index contributed by atoms with van der Waals surface area (Å²) in [6.07, 6.45) is 4.64. The van der Waals surface area contributed by atoms with E-state index in [2.05, 4.69) is 19.9 Å². The van der Waals surface area contributed by atoms with Crippen LogP contribution in [0.3, 0.4) is 0 Å². The molecule has 0 saturated heterocycles. The second kappa shape index (κ2) is 15.8. The van der Waals surface area contributed by atoms with Crippen LogP contribution < -0.4 is 0 Å². The van der Waals surface area contributed by atoms with E-state index in [0.717, 1.165) is 24.3 Å². The SMILES string of the molecule is N#Cc1cccc(C#N)c1-c1c2nc(c(-c3c(F)c(F)c(F)c(F)c3F)c3ccc([nH]3)c(-c3c(C#N)cccc3C#N)c3nc(c(-c4c(F)c(F)c(F)c(F)c4F)c4ccc1[nH]4)C=C3)C=C2. The molecule has 0 saturated carbocycles. The lowest BCUT2D eigenvalue weighted by Crippen LogP contribution is -2.05. The van der Waals surface area contributed by atoms with Gasteiger partial charge in [-0.25, -0.2) is 53.9 Å². The molecule has 0 radical (unpaired) electrons. The molecule has 0 atom stereocenters. The van der Waals surface area contributed by atoms with Crippen LogP contribution in [0.2, 0.25) is 0 Å². The van der Waals surface area contributed by atoms with Crippen LogP contribution in [0, 0.1) is 103 Å². The number of hydrogen-bond donors (Lipinski definition) is 2. The zero-order valence-corrected chi connectivity index (χ0v) is 32.5. The molecule has 2 aliphatic rings. The van der Waals surface area contributed by atoms with Gasteiger partial charge in [-0.2, -0.15) is 21.0 Å². The summed E-state index contributed by atoms with van der Waals surface area (Å²) in [6.45, 7) is 0. The number of aromatic amines is 2. The lowest BCUT2D eigenvalue weighted by Gasteiger charge is -2.11. The van der Waals surface area contributed by atoms with Crippen LogP contribution >= 0.6 is 0 Å². The number of aromatic nitrogens is 4. The summed E-state index contributed by atoms with van der Waals surface area (Å²) in [4.78, 5) is 14.8. The maximum Gasteiger partial charge on any atom is 0.200 e. The Morgan fingerprint density at radius 2 is 0.530 bits per heavy atom. The second-order valence-corrected chi connectivity index (χ2v) is 14.3. The minimum absolute atomic E-state index is 0.142. The molecule has 7 aromatic rings. The van der Waals surface area contributed by atoms with Crippen molar-refractivity contribution in [1.29, 1.82) is 21.0 Å². The Labute approximate surface area is 363 Å². The highest BCUT2D eigenvalue weighted by molar-refractivity contribution is 6.02. The zero-order valence-electron chi connectivity index (χ0n) is 32.5. The van der Waals surface area contributed by atoms with E-state index in [4.69, 9.17) is 0 Å². The number of benzene rings is 4. The van der Waals surface area contributed by atoms with Crippen LogP contribution in [0.1, 0.15) is 45.0 Å². The molecular weight excluding hydrogens is 879 g/mol. The lowest BCUT2D eigenvalue weighted by molar-refractivity contribution is 0.381. The lowest BCUT2D eigenvalue weighted by atomic mass is 9.94. The molecule has 2 aliphatic heterocycles. The van der Waals surface area contributed by atoms with Gasteiger partial charge < -0.3 is 9.97 Å². The first-order chi connectivity index (χ1) is 31.7. The monoisotopic (exact) mass is 894 g/mol. The molecule has 9 rings (SSSR count). The molecule has 18 heteroatoms. The van der Waals surface area contributed by atoms with E-state index < -0.39 is 91.8 Å². The Balaban J connectivity index is 1.60. The largest absolute Gasteiger partial charge is 0.354 e. The molecule has 0 amide bonds. The molecule has 0 fully saturated rings. The van der Waals surface area contributed by atoms with Crippen LogP contribution in [0.25, 0.3) is 90.9 Å². The second-order valence-electron chi connectivity index (χ2n) is 14.3. The number of nitrogens with zero attached hydrogens (tertiary/aromatic N) is 6. The Morgan fingerprint density at radius 1 is 0.303 bits per heavy atom. The normalized spacial score (nSPS) is 11.6. The number of rotatable bonds is 4. The molecule has 8 bridgehead atoms. The van der Waals surface area contributed by atoms with Crippen LogP contribution in [0.4, 0.5) is 43.9 Å². The average Bonchev–Trinajstić information content (AvgIpc) is 4.19. The van der Waals surface area contributed by atoms with E-state index in [1.807, 2.05) is 24.3 Å². The fourth-order valence-electron chi connectivity index (χ4n) is 7.92. The molecule has 66 heavy (non-hydrogen) atoms. The highest BCUT2D eigenvalue weighted by atomic mass is 19.2. The van der Waals surface area contributed by atoms with Gasteiger partial charge in [-0.1, -0.05) is 12.1 Å². The summed E-state index contributed by atoms with van der Waals surface area (Å²) in [6, 6.07) is 20.5. The standard InChI is InChI=1S/C48H16F10N8/c49-39-37(40(50)44(54)47(57)43(39)53)35-27-11-7-23(63-27)33(31-19(15-59)3-1-4-20(31)16-60)24-8-12-28(64-24)36(38-41(51)45(55)48(58)46(56)42(38)52)30-14-10-26(66-30)34(25-9-13-29(35)65-25)32-21(17-61)5-2-6-22(32)18-62/h1-14,63,66H. The van der Waals surface area contributed by atoms with Crippen molar-refractivity contribution >= 4 is 46.4 Å². The van der Waals surface area contributed by atoms with Crippen LogP contribution in [0.5, 0.6) is 0 Å². The number of H-pyrrole nitrogens is 2. The van der Waals surface area contributed by atoms with Crippen molar-refractivity contribution in [1.82, 2.24) is 19.9 Å². The fraction of sp³-hybridized carbons (Fsp3) is 0. The summed E-state index contributed by atoms with van der Waals surface area (Å²) in [5.74, 6) is -23.2. The van der Waals surface area contributed by atoms with Gasteiger partial charge >= 0.3 is 0 Å². The fourth-order valence-corrected chi connectivity index (χ4v) is 7.92. The van der Waals surface area contributed by atoms with Crippen molar-refractivity contribution in [2.45, 2.75) is 0 Å². The van der Waals surface area contributed by atoms with Crippen molar-refractivity contribution in [3.05, 3.63) is 164 Å². The minimum atomic E-state index is -2.46. The highest BCUT2D eigenvalue weighted by Gasteiger charge is 2.32. The third kappa shape index (κ3) is 6.27. The van der Waals surface area contributed by atoms with E-state index in [1.165, 1.54) is 60.7 Å². The third-order valence-corrected chi connectivity index (χ3v) is 10.8. The highest BCUT2D eigenvalue weighted by Crippen LogP contribution is 2.43. The van der Waals surface area contributed by atoms with Crippen molar-refractivity contribution in [2.24, 2.45) is 0 Å². The van der Waals surface area contributed by atoms with Gasteiger partial charge in [-0.3, -0.25) is 0 Å². The zero-order chi connectivity index (χ0) is 46.9. The molecule has 2 N–H and O–H groups in total. The smallest absolute Gasteiger partial charge is 0.200 e. The number of fused-ring (bicyclic) bond motifs is 8. The first kappa shape index (κ1) is 42.1. The van der Waals surface area contributed by atoms with Gasteiger partial charge in [0.1, 0.15) is 0 Å². The van der Waals surface area contributed by atoms with E-state index >= 15 is 35.1 Å². The van der Waals surface area contributed by atoms with Gasteiger partial charge in [0, 0.05) is 55.4 Å². The predicted molar refractivity (Wildman–Crippen MR) is 219 cm³/mol. The molecule has 8 nitrogen and oxygen atoms in total. The quantitative estimate of drug-likeness (QED) is 0.102. The van der Waals surface area contributed by atoms with E-state index in [-0.39, 0.29) is 78.0 Å². The van der Waals surface area contributed by atoms with Gasteiger partial charge in [0.25, 0.3) is 0 Å². The Kier molecular flexibility index (Phi) is 10.1. The summed E-state index contributed by atoms with van der Waals surface area (Å²) in [7, 11) is 0. The topological polar surface area (TPSA) is 153 Å². The number of hydrogen-bond acceptors (Lipinski definition) is 6. The Bertz CT molecular complexity index is 3410. The summed E-state index contributed by atoms with van der Waals surface area (Å²) < 4.78 is 153. The van der Waals surface area contributed by atoms with Crippen LogP contribution in [-0.4, -0.2) is 19.9 Å². The van der Waals surface area contributed by atoms with Crippen molar-refractivity contribution in [2.75, 3.05) is 0 Å². The maximum absolute atomic E-state index is 16.0. The number of halogens is 10. The summed E-state index contributed by atoms with van der Waals surface area (Å²) >= 11 is 0. The van der Waals surface area contributed by atoms with Gasteiger partial charge in [0.2, 0.25) is 11.6 Å². The van der Waals surface area contributed by atoms with Gasteiger partial charge in [-0.15, -0.1) is 0 Å². The van der Waals surface area contributed by atoms with Crippen molar-refractivity contribution in [3.8, 4) is 68.8 Å². The minimum Gasteiger partial charge on any atom is -0.354 e. The van der Waals surface area contributed by atoms with Gasteiger partial charge in [0.05, 0.1) is 80.4 Å². The van der Waals surface area contributed by atoms with Crippen molar-refractivity contribution < 1.29 is 43.9 Å². The molecule has 318 valence electrons. The molecule has 3 aromatic heterocycles. The summed E-state index contributed by atoms with van der Waals surface area (Å²) in [5, 5.41) is 41.0. The first-order valence-corrected chi connectivity index (χ1v) is 18.8. The molecule has 0 unspecified atom stereocenters. The summed E-state index contributed by atoms with van der Waals surface area (Å²) in [5.41, 5.74) is -8.10.